The number of hydrogen-bond acceptors (Lipinski definition) is 4. The Hall–Kier alpha value is -3.45. The van der Waals surface area contributed by atoms with Crippen molar-refractivity contribution in [1.29, 1.82) is 0 Å². The number of carbonyl (C=O) groups excluding carboxylic acids is 1. The molecular weight excluding hydrogens is 416 g/mol. The van der Waals surface area contributed by atoms with Gasteiger partial charge in [0, 0.05) is 50.6 Å². The summed E-state index contributed by atoms with van der Waals surface area (Å²) < 4.78 is 2.10. The van der Waals surface area contributed by atoms with Crippen LogP contribution in [0.1, 0.15) is 33.4 Å². The van der Waals surface area contributed by atoms with E-state index < -0.39 is 0 Å². The maximum atomic E-state index is 13.5. The minimum Gasteiger partial charge on any atom is -0.483 e. The number of fused-ring (bicyclic) bond motifs is 1. The second-order valence-electron chi connectivity index (χ2n) is 8.80. The molecule has 5 rings (SSSR count). The fourth-order valence-electron chi connectivity index (χ4n) is 5.29. The Labute approximate surface area is 194 Å². The molecule has 1 amide bonds. The molecule has 0 saturated carbocycles. The number of hydrogen-bond donors (Lipinski definition) is 1. The lowest BCUT2D eigenvalue weighted by Crippen LogP contribution is -2.36. The number of imidazole rings is 1. The fourth-order valence-corrected chi connectivity index (χ4v) is 5.29. The third-order valence-electron chi connectivity index (χ3n) is 6.81. The van der Waals surface area contributed by atoms with Gasteiger partial charge in [-0.05, 0) is 36.1 Å². The molecule has 2 aliphatic rings. The van der Waals surface area contributed by atoms with Gasteiger partial charge in [0.2, 0.25) is 0 Å². The zero-order valence-corrected chi connectivity index (χ0v) is 19.0. The standard InChI is InChI=1S/C25H28N4O.CH2O2/c1-18-8-6-7-11-21(18)24-22-16-28(17-23-26-12-13-27(23)2)14-20(22)15-29(24)25(30)19-9-4-3-5-10-19;2-1-3/h3-13,20,22,24H,14-17H2,1-2H3;1H,(H,2,3)/t20-,22-,24+;/m0./s1. The Morgan fingerprint density at radius 2 is 1.79 bits per heavy atom. The number of likely N-dealkylation sites (tertiary alicyclic amines) is 2. The Balaban J connectivity index is 0.000000821. The SMILES string of the molecule is Cc1ccccc1[C@@H]1[C@H]2CN(Cc3nccn3C)C[C@H]2CN1C(=O)c1ccccc1.O=CO. The molecular formula is C26H30N4O3. The van der Waals surface area contributed by atoms with E-state index in [9.17, 15) is 4.79 Å². The van der Waals surface area contributed by atoms with Crippen LogP contribution in [0.25, 0.3) is 0 Å². The van der Waals surface area contributed by atoms with Crippen molar-refractivity contribution in [2.75, 3.05) is 19.6 Å². The maximum Gasteiger partial charge on any atom is 0.290 e. The molecule has 7 heteroatoms. The molecule has 2 fully saturated rings. The van der Waals surface area contributed by atoms with E-state index in [-0.39, 0.29) is 18.4 Å². The lowest BCUT2D eigenvalue weighted by molar-refractivity contribution is -0.122. The Morgan fingerprint density at radius 1 is 1.09 bits per heavy atom. The van der Waals surface area contributed by atoms with Gasteiger partial charge in [-0.1, -0.05) is 42.5 Å². The van der Waals surface area contributed by atoms with Crippen molar-refractivity contribution in [2.45, 2.75) is 19.5 Å². The molecule has 0 bridgehead atoms. The number of nitrogens with zero attached hydrogens (tertiary/aromatic N) is 4. The number of amides is 1. The van der Waals surface area contributed by atoms with Crippen molar-refractivity contribution < 1.29 is 14.7 Å². The number of benzene rings is 2. The van der Waals surface area contributed by atoms with Crippen LogP contribution >= 0.6 is 0 Å². The topological polar surface area (TPSA) is 78.7 Å². The van der Waals surface area contributed by atoms with Gasteiger partial charge in [-0.25, -0.2) is 4.98 Å². The molecule has 0 radical (unpaired) electrons. The van der Waals surface area contributed by atoms with Gasteiger partial charge in [0.15, 0.2) is 0 Å². The molecule has 3 aromatic rings. The van der Waals surface area contributed by atoms with Gasteiger partial charge < -0.3 is 14.6 Å². The molecule has 0 spiro atoms. The van der Waals surface area contributed by atoms with Crippen molar-refractivity contribution in [3.05, 3.63) is 89.5 Å². The summed E-state index contributed by atoms with van der Waals surface area (Å²) in [5.41, 5.74) is 3.32. The van der Waals surface area contributed by atoms with Crippen LogP contribution in [0, 0.1) is 18.8 Å². The van der Waals surface area contributed by atoms with E-state index >= 15 is 0 Å². The Kier molecular flexibility index (Phi) is 6.89. The van der Waals surface area contributed by atoms with Crippen LogP contribution in [0.4, 0.5) is 0 Å². The first kappa shape index (κ1) is 22.7. The molecule has 2 aliphatic heterocycles. The first-order valence-corrected chi connectivity index (χ1v) is 11.2. The molecule has 1 aromatic heterocycles. The van der Waals surface area contributed by atoms with Gasteiger partial charge in [0.25, 0.3) is 12.4 Å². The summed E-state index contributed by atoms with van der Waals surface area (Å²) in [7, 11) is 2.05. The Morgan fingerprint density at radius 3 is 2.45 bits per heavy atom. The van der Waals surface area contributed by atoms with Crippen LogP contribution in [-0.2, 0) is 18.4 Å². The predicted octanol–water partition coefficient (Wildman–Crippen LogP) is 3.37. The summed E-state index contributed by atoms with van der Waals surface area (Å²) in [6.45, 7) is 5.60. The second-order valence-corrected chi connectivity index (χ2v) is 8.80. The average molecular weight is 447 g/mol. The van der Waals surface area contributed by atoms with Gasteiger partial charge in [0.1, 0.15) is 5.82 Å². The van der Waals surface area contributed by atoms with Gasteiger partial charge in [-0.3, -0.25) is 14.5 Å². The van der Waals surface area contributed by atoms with Gasteiger partial charge >= 0.3 is 0 Å². The highest BCUT2D eigenvalue weighted by Crippen LogP contribution is 2.46. The molecule has 172 valence electrons. The fraction of sp³-hybridized carbons (Fsp3) is 0.346. The second kappa shape index (κ2) is 10.0. The van der Waals surface area contributed by atoms with Crippen molar-refractivity contribution in [3.63, 3.8) is 0 Å². The van der Waals surface area contributed by atoms with Crippen molar-refractivity contribution in [3.8, 4) is 0 Å². The normalized spacial score (nSPS) is 21.9. The van der Waals surface area contributed by atoms with Crippen LogP contribution in [0.15, 0.2) is 67.0 Å². The van der Waals surface area contributed by atoms with E-state index in [1.165, 1.54) is 11.1 Å². The van der Waals surface area contributed by atoms with E-state index in [1.807, 2.05) is 42.7 Å². The third kappa shape index (κ3) is 4.68. The minimum atomic E-state index is -0.250. The molecule has 2 saturated heterocycles. The smallest absolute Gasteiger partial charge is 0.290 e. The number of carbonyl (C=O) groups is 2. The summed E-state index contributed by atoms with van der Waals surface area (Å²) in [5, 5.41) is 6.89. The quantitative estimate of drug-likeness (QED) is 0.622. The zero-order valence-electron chi connectivity index (χ0n) is 19.0. The lowest BCUT2D eigenvalue weighted by Gasteiger charge is -2.31. The van der Waals surface area contributed by atoms with Crippen LogP contribution in [0.3, 0.4) is 0 Å². The average Bonchev–Trinajstić information content (AvgIpc) is 3.50. The van der Waals surface area contributed by atoms with E-state index in [2.05, 4.69) is 57.6 Å². The predicted molar refractivity (Wildman–Crippen MR) is 126 cm³/mol. The molecule has 33 heavy (non-hydrogen) atoms. The van der Waals surface area contributed by atoms with E-state index in [0.717, 1.165) is 37.6 Å². The van der Waals surface area contributed by atoms with Crippen molar-refractivity contribution in [1.82, 2.24) is 19.4 Å². The van der Waals surface area contributed by atoms with Crippen molar-refractivity contribution >= 4 is 12.4 Å². The maximum absolute atomic E-state index is 13.5. The highest BCUT2D eigenvalue weighted by Gasteiger charge is 2.49. The molecule has 0 unspecified atom stereocenters. The number of rotatable bonds is 4. The summed E-state index contributed by atoms with van der Waals surface area (Å²) in [6, 6.07) is 18.4. The minimum absolute atomic E-state index is 0.121. The van der Waals surface area contributed by atoms with Crippen LogP contribution in [0.2, 0.25) is 0 Å². The van der Waals surface area contributed by atoms with E-state index in [0.29, 0.717) is 11.8 Å². The first-order valence-electron chi connectivity index (χ1n) is 11.2. The molecule has 3 atom stereocenters. The zero-order chi connectivity index (χ0) is 23.4. The van der Waals surface area contributed by atoms with Crippen LogP contribution in [0.5, 0.6) is 0 Å². The highest BCUT2D eigenvalue weighted by atomic mass is 16.3. The number of aromatic nitrogens is 2. The highest BCUT2D eigenvalue weighted by molar-refractivity contribution is 5.94. The van der Waals surface area contributed by atoms with Crippen LogP contribution in [-0.4, -0.2) is 56.5 Å². The first-order chi connectivity index (χ1) is 16.0. The molecule has 0 aliphatic carbocycles. The monoisotopic (exact) mass is 446 g/mol. The van der Waals surface area contributed by atoms with E-state index in [4.69, 9.17) is 9.90 Å². The van der Waals surface area contributed by atoms with E-state index in [1.54, 1.807) is 0 Å². The third-order valence-corrected chi connectivity index (χ3v) is 6.81. The van der Waals surface area contributed by atoms with Crippen molar-refractivity contribution in [2.24, 2.45) is 18.9 Å². The Bertz CT molecular complexity index is 1100. The summed E-state index contributed by atoms with van der Waals surface area (Å²) in [5.74, 6) is 2.18. The van der Waals surface area contributed by atoms with Gasteiger partial charge in [-0.15, -0.1) is 0 Å². The number of carboxylic acid groups (broad SMARTS) is 1. The lowest BCUT2D eigenvalue weighted by atomic mass is 9.87. The molecule has 3 heterocycles. The summed E-state index contributed by atoms with van der Waals surface area (Å²) in [6.07, 6.45) is 3.87. The molecule has 1 N–H and O–H groups in total. The molecule has 2 aromatic carbocycles. The summed E-state index contributed by atoms with van der Waals surface area (Å²) in [4.78, 5) is 31.0. The van der Waals surface area contributed by atoms with Gasteiger partial charge in [-0.2, -0.15) is 0 Å². The number of aryl methyl sites for hydroxylation is 2. The summed E-state index contributed by atoms with van der Waals surface area (Å²) >= 11 is 0. The van der Waals surface area contributed by atoms with Crippen LogP contribution < -0.4 is 0 Å². The molecule has 7 nitrogen and oxygen atoms in total. The van der Waals surface area contributed by atoms with Gasteiger partial charge in [0.05, 0.1) is 12.6 Å². The largest absolute Gasteiger partial charge is 0.483 e.